The molecule has 1 aliphatic rings. The molecule has 0 spiro atoms. The first-order chi connectivity index (χ1) is 9.40. The Hall–Kier alpha value is 0.540. The Morgan fingerprint density at radius 1 is 0.700 bits per heavy atom. The summed E-state index contributed by atoms with van der Waals surface area (Å²) in [5.74, 6) is 1.88. The van der Waals surface area contributed by atoms with Gasteiger partial charge in [-0.15, -0.1) is 0 Å². The highest BCUT2D eigenvalue weighted by Gasteiger charge is 2.28. The van der Waals surface area contributed by atoms with Gasteiger partial charge in [0, 0.05) is 21.1 Å². The van der Waals surface area contributed by atoms with E-state index in [0.717, 1.165) is 8.95 Å². The smallest absolute Gasteiger partial charge is 0.189 e. The molecule has 0 aromatic heterocycles. The van der Waals surface area contributed by atoms with Crippen LogP contribution in [-0.4, -0.2) is 0 Å². The first kappa shape index (κ1) is 15.4. The number of hydrogen-bond donors (Lipinski definition) is 0. The summed E-state index contributed by atoms with van der Waals surface area (Å²) in [5.41, 5.74) is 0. The zero-order valence-corrected chi connectivity index (χ0v) is 17.1. The molecule has 1 heterocycles. The molecule has 20 heavy (non-hydrogen) atoms. The third-order valence-electron chi connectivity index (χ3n) is 2.59. The minimum atomic E-state index is 0.426. The second-order valence-corrected chi connectivity index (χ2v) is 7.88. The van der Waals surface area contributed by atoms with Gasteiger partial charge in [0.05, 0.1) is 8.95 Å². The van der Waals surface area contributed by atoms with Gasteiger partial charge in [-0.1, -0.05) is 23.2 Å². The van der Waals surface area contributed by atoms with E-state index in [9.17, 15) is 0 Å². The molecule has 104 valence electrons. The first-order valence-corrected chi connectivity index (χ1v) is 9.03. The number of fused-ring (bicyclic) bond motifs is 2. The van der Waals surface area contributed by atoms with Gasteiger partial charge >= 0.3 is 0 Å². The van der Waals surface area contributed by atoms with Crippen molar-refractivity contribution in [1.82, 2.24) is 0 Å². The molecule has 1 aliphatic heterocycles. The molecule has 2 nitrogen and oxygen atoms in total. The normalized spacial score (nSPS) is 12.3. The van der Waals surface area contributed by atoms with Crippen molar-refractivity contribution >= 4 is 86.9 Å². The molecule has 8 heteroatoms. The predicted molar refractivity (Wildman–Crippen MR) is 93.9 cm³/mol. The van der Waals surface area contributed by atoms with Crippen molar-refractivity contribution in [3.8, 4) is 23.0 Å². The van der Waals surface area contributed by atoms with E-state index in [2.05, 4.69) is 63.7 Å². The minimum absolute atomic E-state index is 0.426. The minimum Gasteiger partial charge on any atom is -0.448 e. The first-order valence-electron chi connectivity index (χ1n) is 5.11. The molecule has 0 fully saturated rings. The quantitative estimate of drug-likeness (QED) is 0.256. The van der Waals surface area contributed by atoms with E-state index in [1.54, 1.807) is 12.1 Å². The van der Waals surface area contributed by atoms with Crippen LogP contribution in [0, 0.1) is 0 Å². The fourth-order valence-corrected chi connectivity index (χ4v) is 3.77. The average molecular weight is 569 g/mol. The molecule has 0 bridgehead atoms. The second-order valence-electron chi connectivity index (χ2n) is 3.83. The van der Waals surface area contributed by atoms with E-state index in [1.807, 2.05) is 0 Å². The standard InChI is InChI=1S/C12H2Br4Cl2O2/c13-3-1-5-11(9(17)7(3)15)20-6-2-4(14)8(16)10(18)12(6)19-5/h1-2H. The maximum absolute atomic E-state index is 6.26. The molecule has 0 atom stereocenters. The van der Waals surface area contributed by atoms with Crippen LogP contribution in [0.2, 0.25) is 10.0 Å². The molecule has 0 unspecified atom stereocenters. The third kappa shape index (κ3) is 2.42. The van der Waals surface area contributed by atoms with Gasteiger partial charge in [-0.25, -0.2) is 0 Å². The summed E-state index contributed by atoms with van der Waals surface area (Å²) in [6.07, 6.45) is 0. The summed E-state index contributed by atoms with van der Waals surface area (Å²) in [6, 6.07) is 3.53. The van der Waals surface area contributed by atoms with E-state index in [4.69, 9.17) is 32.7 Å². The summed E-state index contributed by atoms with van der Waals surface area (Å²) in [5, 5.41) is 0.852. The number of halogens is 6. The van der Waals surface area contributed by atoms with Crippen molar-refractivity contribution in [2.75, 3.05) is 0 Å². The van der Waals surface area contributed by atoms with Crippen molar-refractivity contribution in [3.63, 3.8) is 0 Å². The molecular weight excluding hydrogens is 567 g/mol. The maximum Gasteiger partial charge on any atom is 0.189 e. The molecule has 2 aromatic rings. The van der Waals surface area contributed by atoms with Crippen LogP contribution in [0.1, 0.15) is 0 Å². The Morgan fingerprint density at radius 2 is 1.05 bits per heavy atom. The largest absolute Gasteiger partial charge is 0.448 e. The Bertz CT molecular complexity index is 686. The number of hydrogen-bond acceptors (Lipinski definition) is 2. The number of rotatable bonds is 0. The molecule has 3 rings (SSSR count). The SMILES string of the molecule is Clc1c(Br)c(Br)cc2c1Oc1cc(Br)c(Br)c(Cl)c1O2. The van der Waals surface area contributed by atoms with Crippen molar-refractivity contribution < 1.29 is 9.47 Å². The van der Waals surface area contributed by atoms with Crippen molar-refractivity contribution in [2.45, 2.75) is 0 Å². The summed E-state index contributed by atoms with van der Waals surface area (Å²) in [7, 11) is 0. The predicted octanol–water partition coefficient (Wildman–Crippen LogP) is 7.94. The van der Waals surface area contributed by atoms with Gasteiger partial charge < -0.3 is 9.47 Å². The van der Waals surface area contributed by atoms with E-state index in [0.29, 0.717) is 42.0 Å². The van der Waals surface area contributed by atoms with Crippen LogP contribution < -0.4 is 9.47 Å². The highest BCUT2D eigenvalue weighted by Crippen LogP contribution is 2.56. The number of benzene rings is 2. The monoisotopic (exact) mass is 564 g/mol. The lowest BCUT2D eigenvalue weighted by molar-refractivity contribution is 0.359. The summed E-state index contributed by atoms with van der Waals surface area (Å²) < 4.78 is 14.6. The zero-order valence-electron chi connectivity index (χ0n) is 9.24. The Kier molecular flexibility index (Phi) is 4.35. The van der Waals surface area contributed by atoms with E-state index in [-0.39, 0.29) is 0 Å². The van der Waals surface area contributed by atoms with Crippen LogP contribution >= 0.6 is 86.9 Å². The van der Waals surface area contributed by atoms with Gasteiger partial charge in [-0.2, -0.15) is 0 Å². The lowest BCUT2D eigenvalue weighted by Gasteiger charge is -2.24. The third-order valence-corrected chi connectivity index (χ3v) is 7.73. The second kappa shape index (κ2) is 5.63. The molecule has 0 aliphatic carbocycles. The van der Waals surface area contributed by atoms with Gasteiger partial charge in [0.2, 0.25) is 0 Å². The van der Waals surface area contributed by atoms with Crippen molar-refractivity contribution in [2.24, 2.45) is 0 Å². The molecule has 0 N–H and O–H groups in total. The highest BCUT2D eigenvalue weighted by molar-refractivity contribution is 9.13. The van der Waals surface area contributed by atoms with Crippen molar-refractivity contribution in [3.05, 3.63) is 40.1 Å². The lowest BCUT2D eigenvalue weighted by atomic mass is 10.2. The molecule has 0 saturated heterocycles. The van der Waals surface area contributed by atoms with Gasteiger partial charge in [0.25, 0.3) is 0 Å². The summed E-state index contributed by atoms with van der Waals surface area (Å²) in [4.78, 5) is 0. The van der Waals surface area contributed by atoms with Crippen LogP contribution in [0.4, 0.5) is 0 Å². The van der Waals surface area contributed by atoms with Crippen LogP contribution in [0.3, 0.4) is 0 Å². The summed E-state index contributed by atoms with van der Waals surface area (Å²) >= 11 is 26.1. The zero-order chi connectivity index (χ0) is 14.6. The van der Waals surface area contributed by atoms with Crippen LogP contribution in [0.25, 0.3) is 0 Å². The Morgan fingerprint density at radius 3 is 1.40 bits per heavy atom. The Labute approximate surface area is 158 Å². The van der Waals surface area contributed by atoms with Crippen molar-refractivity contribution in [1.29, 1.82) is 0 Å². The Balaban J connectivity index is 2.22. The fraction of sp³-hybridized carbons (Fsp3) is 0. The van der Waals surface area contributed by atoms with Gasteiger partial charge in [0.15, 0.2) is 23.0 Å². The maximum atomic E-state index is 6.26. The molecular formula is C12H2Br4Cl2O2. The summed E-state index contributed by atoms with van der Waals surface area (Å²) in [6.45, 7) is 0. The highest BCUT2D eigenvalue weighted by atomic mass is 79.9. The van der Waals surface area contributed by atoms with Gasteiger partial charge in [0.1, 0.15) is 10.0 Å². The average Bonchev–Trinajstić information content (AvgIpc) is 2.42. The van der Waals surface area contributed by atoms with Crippen LogP contribution in [-0.2, 0) is 0 Å². The topological polar surface area (TPSA) is 18.5 Å². The molecule has 2 aromatic carbocycles. The molecule has 0 saturated carbocycles. The lowest BCUT2D eigenvalue weighted by Crippen LogP contribution is -2.01. The molecule has 0 amide bonds. The van der Waals surface area contributed by atoms with Crippen LogP contribution in [0.15, 0.2) is 30.0 Å². The van der Waals surface area contributed by atoms with Crippen LogP contribution in [0.5, 0.6) is 23.0 Å². The van der Waals surface area contributed by atoms with E-state index in [1.165, 1.54) is 0 Å². The molecule has 0 radical (unpaired) electrons. The fourth-order valence-electron chi connectivity index (χ4n) is 1.68. The van der Waals surface area contributed by atoms with Gasteiger partial charge in [-0.05, 0) is 63.7 Å². The van der Waals surface area contributed by atoms with E-state index < -0.39 is 0 Å². The number of ether oxygens (including phenoxy) is 2. The van der Waals surface area contributed by atoms with Gasteiger partial charge in [-0.3, -0.25) is 0 Å². The van der Waals surface area contributed by atoms with E-state index >= 15 is 0 Å².